The number of hydrogen-bond donors (Lipinski definition) is 1. The Morgan fingerprint density at radius 3 is 2.47 bits per heavy atom. The van der Waals surface area contributed by atoms with E-state index in [-0.39, 0.29) is 19.0 Å². The van der Waals surface area contributed by atoms with Gasteiger partial charge in [-0.25, -0.2) is 9.78 Å². The van der Waals surface area contributed by atoms with E-state index >= 15 is 0 Å². The fraction of sp³-hybridized carbons (Fsp3) is 0.455. The summed E-state index contributed by atoms with van der Waals surface area (Å²) in [4.78, 5) is 44.0. The number of H-pyrrole nitrogens is 1. The fourth-order valence-electron chi connectivity index (χ4n) is 3.38. The Kier molecular flexibility index (Phi) is 6.87. The zero-order valence-electron chi connectivity index (χ0n) is 17.7. The number of nitrogens with zero attached hydrogens (tertiary/aromatic N) is 3. The van der Waals surface area contributed by atoms with Crippen molar-refractivity contribution in [3.8, 4) is 0 Å². The van der Waals surface area contributed by atoms with Gasteiger partial charge in [-0.05, 0) is 25.3 Å². The number of benzene rings is 1. The van der Waals surface area contributed by atoms with Gasteiger partial charge in [-0.2, -0.15) is 0 Å². The Hall–Kier alpha value is -3.16. The van der Waals surface area contributed by atoms with Crippen LogP contribution in [0.15, 0.2) is 33.9 Å². The molecule has 0 fully saturated rings. The van der Waals surface area contributed by atoms with E-state index in [4.69, 9.17) is 4.74 Å². The lowest BCUT2D eigenvalue weighted by Gasteiger charge is -2.08. The Morgan fingerprint density at radius 1 is 1.07 bits per heavy atom. The summed E-state index contributed by atoms with van der Waals surface area (Å²) >= 11 is 0. The molecule has 8 nitrogen and oxygen atoms in total. The lowest BCUT2D eigenvalue weighted by atomic mass is 10.1. The molecule has 0 radical (unpaired) electrons. The average Bonchev–Trinajstić information content (AvgIpc) is 3.07. The highest BCUT2D eigenvalue weighted by Crippen LogP contribution is 2.14. The number of aromatic nitrogens is 4. The van der Waals surface area contributed by atoms with Crippen LogP contribution in [0.5, 0.6) is 0 Å². The molecular weight excluding hydrogens is 384 g/mol. The Labute approximate surface area is 174 Å². The Balaban J connectivity index is 1.88. The summed E-state index contributed by atoms with van der Waals surface area (Å²) in [5, 5.41) is 0. The van der Waals surface area contributed by atoms with Crippen molar-refractivity contribution in [2.75, 3.05) is 0 Å². The van der Waals surface area contributed by atoms with Crippen molar-refractivity contribution in [1.82, 2.24) is 19.1 Å². The second kappa shape index (κ2) is 9.56. The Morgan fingerprint density at radius 2 is 1.80 bits per heavy atom. The summed E-state index contributed by atoms with van der Waals surface area (Å²) in [5.41, 5.74) is 1.75. The van der Waals surface area contributed by atoms with Crippen LogP contribution in [0.25, 0.3) is 11.2 Å². The highest BCUT2D eigenvalue weighted by molar-refractivity contribution is 5.73. The molecule has 3 rings (SSSR count). The molecule has 0 saturated heterocycles. The zero-order valence-corrected chi connectivity index (χ0v) is 17.7. The van der Waals surface area contributed by atoms with Gasteiger partial charge in [-0.3, -0.25) is 19.1 Å². The number of carbonyl (C=O) groups excluding carboxylic acids is 1. The van der Waals surface area contributed by atoms with Crippen LogP contribution in [0.3, 0.4) is 0 Å². The summed E-state index contributed by atoms with van der Waals surface area (Å²) in [5.74, 6) is 0.0942. The Bertz CT molecular complexity index is 1140. The van der Waals surface area contributed by atoms with E-state index in [1.807, 2.05) is 45.0 Å². The number of aromatic amines is 1. The predicted molar refractivity (Wildman–Crippen MR) is 114 cm³/mol. The van der Waals surface area contributed by atoms with Crippen LogP contribution >= 0.6 is 0 Å². The van der Waals surface area contributed by atoms with Gasteiger partial charge >= 0.3 is 11.7 Å². The zero-order chi connectivity index (χ0) is 21.7. The molecule has 0 aliphatic rings. The molecule has 2 aromatic heterocycles. The number of carbonyl (C=O) groups is 1. The maximum atomic E-state index is 12.5. The van der Waals surface area contributed by atoms with Crippen molar-refractivity contribution in [3.63, 3.8) is 0 Å². The molecule has 1 N–H and O–H groups in total. The molecule has 160 valence electrons. The summed E-state index contributed by atoms with van der Waals surface area (Å²) in [6.07, 6.45) is 2.63. The van der Waals surface area contributed by atoms with Crippen molar-refractivity contribution in [2.45, 2.75) is 66.2 Å². The van der Waals surface area contributed by atoms with Crippen molar-refractivity contribution < 1.29 is 9.53 Å². The van der Waals surface area contributed by atoms with Crippen LogP contribution in [0.2, 0.25) is 0 Å². The molecule has 2 heterocycles. The van der Waals surface area contributed by atoms with Crippen LogP contribution in [0.1, 0.15) is 50.1 Å². The van der Waals surface area contributed by atoms with Crippen LogP contribution < -0.4 is 11.2 Å². The lowest BCUT2D eigenvalue weighted by molar-refractivity contribution is -0.144. The van der Waals surface area contributed by atoms with Crippen molar-refractivity contribution >= 4 is 17.1 Å². The first-order valence-electron chi connectivity index (χ1n) is 10.4. The minimum absolute atomic E-state index is 0.0548. The molecule has 3 aromatic rings. The normalized spacial score (nSPS) is 11.2. The minimum Gasteiger partial charge on any atom is -0.457 e. The number of unbranched alkanes of at least 4 members (excludes halogenated alkanes) is 1. The van der Waals surface area contributed by atoms with E-state index in [0.29, 0.717) is 30.1 Å². The second-order valence-electron chi connectivity index (χ2n) is 7.44. The van der Waals surface area contributed by atoms with Crippen molar-refractivity contribution in [1.29, 1.82) is 0 Å². The van der Waals surface area contributed by atoms with Gasteiger partial charge in [0.2, 0.25) is 0 Å². The van der Waals surface area contributed by atoms with E-state index in [1.165, 1.54) is 4.57 Å². The van der Waals surface area contributed by atoms with Gasteiger partial charge in [0.05, 0.1) is 6.42 Å². The van der Waals surface area contributed by atoms with Gasteiger partial charge < -0.3 is 9.30 Å². The van der Waals surface area contributed by atoms with Gasteiger partial charge in [0.15, 0.2) is 11.2 Å². The molecule has 0 aliphatic heterocycles. The van der Waals surface area contributed by atoms with Gasteiger partial charge in [0.25, 0.3) is 5.56 Å². The van der Waals surface area contributed by atoms with Crippen LogP contribution in [-0.2, 0) is 35.6 Å². The molecule has 30 heavy (non-hydrogen) atoms. The highest BCUT2D eigenvalue weighted by atomic mass is 16.5. The first-order chi connectivity index (χ1) is 14.4. The number of ether oxygens (including phenoxy) is 1. The molecule has 0 amide bonds. The SMILES string of the molecule is CCCCn1c(=O)[nH]c(=O)c2c1nc(COC(=O)Cc1ccc(C)cc1)n2CCC. The quantitative estimate of drug-likeness (QED) is 0.545. The summed E-state index contributed by atoms with van der Waals surface area (Å²) in [6.45, 7) is 6.96. The third kappa shape index (κ3) is 4.69. The second-order valence-corrected chi connectivity index (χ2v) is 7.44. The van der Waals surface area contributed by atoms with E-state index in [9.17, 15) is 14.4 Å². The summed E-state index contributed by atoms with van der Waals surface area (Å²) in [7, 11) is 0. The third-order valence-electron chi connectivity index (χ3n) is 4.98. The maximum Gasteiger partial charge on any atom is 0.330 e. The first-order valence-corrected chi connectivity index (χ1v) is 10.4. The van der Waals surface area contributed by atoms with Gasteiger partial charge in [-0.15, -0.1) is 0 Å². The molecule has 0 unspecified atom stereocenters. The fourth-order valence-corrected chi connectivity index (χ4v) is 3.38. The molecule has 0 bridgehead atoms. The molecule has 0 spiro atoms. The number of nitrogens with one attached hydrogen (secondary N) is 1. The van der Waals surface area contributed by atoms with Crippen LogP contribution in [-0.4, -0.2) is 25.1 Å². The highest BCUT2D eigenvalue weighted by Gasteiger charge is 2.19. The summed E-state index contributed by atoms with van der Waals surface area (Å²) < 4.78 is 8.68. The predicted octanol–water partition coefficient (Wildman–Crippen LogP) is 2.69. The van der Waals surface area contributed by atoms with Crippen molar-refractivity contribution in [3.05, 3.63) is 62.1 Å². The topological polar surface area (TPSA) is 99.0 Å². The number of aryl methyl sites for hydroxylation is 3. The first kappa shape index (κ1) is 21.5. The molecule has 0 aliphatic carbocycles. The van der Waals surface area contributed by atoms with E-state index in [1.54, 1.807) is 4.57 Å². The average molecular weight is 412 g/mol. The number of esters is 1. The number of imidazole rings is 1. The standard InChI is InChI=1S/C22H28N4O4/c1-4-6-12-26-20-19(21(28)24-22(26)29)25(11-5-2)17(23-20)14-30-18(27)13-16-9-7-15(3)8-10-16/h7-10H,4-6,11-14H2,1-3H3,(H,24,28,29). The van der Waals surface area contributed by atoms with Crippen LogP contribution in [0, 0.1) is 6.92 Å². The van der Waals surface area contributed by atoms with Gasteiger partial charge in [0.1, 0.15) is 12.4 Å². The van der Waals surface area contributed by atoms with E-state index < -0.39 is 11.2 Å². The van der Waals surface area contributed by atoms with E-state index in [0.717, 1.165) is 30.4 Å². The number of fused-ring (bicyclic) bond motifs is 1. The van der Waals surface area contributed by atoms with Crippen molar-refractivity contribution in [2.24, 2.45) is 0 Å². The molecule has 1 aromatic carbocycles. The van der Waals surface area contributed by atoms with Gasteiger partial charge in [0, 0.05) is 13.1 Å². The smallest absolute Gasteiger partial charge is 0.330 e. The summed E-state index contributed by atoms with van der Waals surface area (Å²) in [6, 6.07) is 7.69. The molecule has 0 atom stereocenters. The maximum absolute atomic E-state index is 12.5. The third-order valence-corrected chi connectivity index (χ3v) is 4.98. The van der Waals surface area contributed by atoms with Crippen LogP contribution in [0.4, 0.5) is 0 Å². The minimum atomic E-state index is -0.471. The molecule has 0 saturated carbocycles. The monoisotopic (exact) mass is 412 g/mol. The lowest BCUT2D eigenvalue weighted by Crippen LogP contribution is -2.31. The van der Waals surface area contributed by atoms with Gasteiger partial charge in [-0.1, -0.05) is 50.1 Å². The molecule has 8 heteroatoms. The largest absolute Gasteiger partial charge is 0.457 e. The molecular formula is C22H28N4O4. The number of hydrogen-bond acceptors (Lipinski definition) is 5. The number of rotatable bonds is 9. The van der Waals surface area contributed by atoms with E-state index in [2.05, 4.69) is 9.97 Å².